The monoisotopic (exact) mass is 229 g/mol. The third-order valence-electron chi connectivity index (χ3n) is 1.19. The minimum atomic E-state index is -0.187. The van der Waals surface area contributed by atoms with E-state index in [0.29, 0.717) is 5.76 Å². The van der Waals surface area contributed by atoms with Crippen LogP contribution in [0.25, 0.3) is 0 Å². The van der Waals surface area contributed by atoms with Crippen LogP contribution in [0.15, 0.2) is 16.5 Å². The first-order chi connectivity index (χ1) is 7.74. The fourth-order valence-electron chi connectivity index (χ4n) is 0.680. The molecule has 0 aliphatic heterocycles. The molecular weight excluding hydrogens is 202 g/mol. The molecule has 0 bridgehead atoms. The number of rotatable bonds is 1. The average Bonchev–Trinajstić information content (AvgIpc) is 2.82. The largest absolute Gasteiger partial charge is 0.456 e. The lowest BCUT2D eigenvalue weighted by atomic mass is 10.4. The molecular formula is C13H27NO2. The van der Waals surface area contributed by atoms with Gasteiger partial charge in [-0.25, -0.2) is 0 Å². The molecule has 96 valence electrons. The Morgan fingerprint density at radius 3 is 1.75 bits per heavy atom. The lowest BCUT2D eigenvalue weighted by Gasteiger charge is -1.91. The molecule has 0 radical (unpaired) electrons. The van der Waals surface area contributed by atoms with E-state index in [2.05, 4.69) is 5.32 Å². The van der Waals surface area contributed by atoms with Crippen molar-refractivity contribution in [1.82, 2.24) is 5.32 Å². The normalized spacial score (nSPS) is 7.00. The van der Waals surface area contributed by atoms with Crippen LogP contribution >= 0.6 is 0 Å². The molecule has 16 heavy (non-hydrogen) atoms. The third-order valence-corrected chi connectivity index (χ3v) is 1.19. The number of hydrogen-bond acceptors (Lipinski definition) is 2. The Balaban J connectivity index is -0.000000245. The summed E-state index contributed by atoms with van der Waals surface area (Å²) in [6.07, 6.45) is 0. The second kappa shape index (κ2) is 16.2. The highest BCUT2D eigenvalue weighted by Crippen LogP contribution is 2.04. The molecule has 3 heteroatoms. The zero-order valence-electron chi connectivity index (χ0n) is 12.0. The van der Waals surface area contributed by atoms with E-state index < -0.39 is 0 Å². The number of nitrogens with one attached hydrogen (secondary N) is 1. The lowest BCUT2D eigenvalue weighted by molar-refractivity contribution is 0.0934. The second-order valence-corrected chi connectivity index (χ2v) is 1.99. The molecule has 0 atom stereocenters. The topological polar surface area (TPSA) is 42.2 Å². The fourth-order valence-corrected chi connectivity index (χ4v) is 0.680. The maximum absolute atomic E-state index is 10.8. The summed E-state index contributed by atoms with van der Waals surface area (Å²) in [6, 6.07) is 3.40. The van der Waals surface area contributed by atoms with Gasteiger partial charge in [-0.3, -0.25) is 4.79 Å². The molecule has 1 amide bonds. The van der Waals surface area contributed by atoms with Crippen molar-refractivity contribution in [3.63, 3.8) is 0 Å². The Kier molecular flexibility index (Phi) is 20.4. The Labute approximate surface area is 100 Å². The van der Waals surface area contributed by atoms with E-state index >= 15 is 0 Å². The Morgan fingerprint density at radius 2 is 1.50 bits per heavy atom. The number of amides is 1. The molecule has 0 aliphatic carbocycles. The van der Waals surface area contributed by atoms with Crippen LogP contribution in [0.2, 0.25) is 0 Å². The van der Waals surface area contributed by atoms with Crippen molar-refractivity contribution in [2.24, 2.45) is 0 Å². The van der Waals surface area contributed by atoms with Crippen LogP contribution in [0.1, 0.15) is 57.9 Å². The van der Waals surface area contributed by atoms with Crippen molar-refractivity contribution >= 4 is 5.91 Å². The molecule has 0 saturated heterocycles. The van der Waals surface area contributed by atoms with Gasteiger partial charge in [-0.15, -0.1) is 0 Å². The Morgan fingerprint density at radius 1 is 1.06 bits per heavy atom. The van der Waals surface area contributed by atoms with Gasteiger partial charge in [0.1, 0.15) is 5.76 Å². The molecule has 0 saturated carbocycles. The van der Waals surface area contributed by atoms with Gasteiger partial charge in [-0.05, 0) is 19.1 Å². The highest BCUT2D eigenvalue weighted by Gasteiger charge is 2.05. The van der Waals surface area contributed by atoms with Crippen LogP contribution in [0.3, 0.4) is 0 Å². The Bertz CT molecular complexity index is 242. The van der Waals surface area contributed by atoms with Crippen molar-refractivity contribution in [2.75, 3.05) is 7.05 Å². The van der Waals surface area contributed by atoms with E-state index in [0.717, 1.165) is 5.76 Å². The number of furan rings is 1. The summed E-state index contributed by atoms with van der Waals surface area (Å²) in [4.78, 5) is 10.8. The van der Waals surface area contributed by atoms with Crippen LogP contribution in [-0.4, -0.2) is 13.0 Å². The van der Waals surface area contributed by atoms with E-state index in [1.807, 2.05) is 41.5 Å². The number of hydrogen-bond donors (Lipinski definition) is 1. The van der Waals surface area contributed by atoms with Gasteiger partial charge in [-0.2, -0.15) is 0 Å². The minimum absolute atomic E-state index is 0.187. The maximum Gasteiger partial charge on any atom is 0.286 e. The zero-order chi connectivity index (χ0) is 13.6. The molecule has 0 aliphatic rings. The number of carbonyl (C=O) groups excluding carboxylic acids is 1. The van der Waals surface area contributed by atoms with E-state index in [9.17, 15) is 4.79 Å². The zero-order valence-corrected chi connectivity index (χ0v) is 12.0. The third kappa shape index (κ3) is 9.31. The predicted molar refractivity (Wildman–Crippen MR) is 70.9 cm³/mol. The quantitative estimate of drug-likeness (QED) is 0.790. The van der Waals surface area contributed by atoms with Crippen LogP contribution < -0.4 is 5.32 Å². The smallest absolute Gasteiger partial charge is 0.286 e. The van der Waals surface area contributed by atoms with Gasteiger partial charge in [0.2, 0.25) is 0 Å². The van der Waals surface area contributed by atoms with Gasteiger partial charge in [0, 0.05) is 7.05 Å². The van der Waals surface area contributed by atoms with E-state index in [1.54, 1.807) is 26.1 Å². The first kappa shape index (κ1) is 20.2. The SMILES string of the molecule is CC.CC.CC.CNC(=O)c1ccc(C)o1. The molecule has 1 heterocycles. The standard InChI is InChI=1S/C7H9NO2.3C2H6/c1-5-3-4-6(10-5)7(9)8-2;3*1-2/h3-4H,1-2H3,(H,8,9);3*1-2H3. The fraction of sp³-hybridized carbons (Fsp3) is 0.615. The van der Waals surface area contributed by atoms with Crippen molar-refractivity contribution < 1.29 is 9.21 Å². The maximum atomic E-state index is 10.8. The molecule has 1 N–H and O–H groups in total. The summed E-state index contributed by atoms with van der Waals surface area (Å²) >= 11 is 0. The van der Waals surface area contributed by atoms with Gasteiger partial charge in [0.25, 0.3) is 5.91 Å². The van der Waals surface area contributed by atoms with E-state index in [4.69, 9.17) is 4.42 Å². The lowest BCUT2D eigenvalue weighted by Crippen LogP contribution is -2.16. The summed E-state index contributed by atoms with van der Waals surface area (Å²) in [5.41, 5.74) is 0. The number of carbonyl (C=O) groups is 1. The van der Waals surface area contributed by atoms with Crippen LogP contribution in [0, 0.1) is 6.92 Å². The average molecular weight is 229 g/mol. The summed E-state index contributed by atoms with van der Waals surface area (Å²) in [5.74, 6) is 0.923. The number of aryl methyl sites for hydroxylation is 1. The second-order valence-electron chi connectivity index (χ2n) is 1.99. The highest BCUT2D eigenvalue weighted by atomic mass is 16.3. The summed E-state index contributed by atoms with van der Waals surface area (Å²) < 4.78 is 5.02. The molecule has 0 fully saturated rings. The molecule has 0 aromatic carbocycles. The summed E-state index contributed by atoms with van der Waals surface area (Å²) in [7, 11) is 1.57. The molecule has 0 unspecified atom stereocenters. The van der Waals surface area contributed by atoms with Gasteiger partial charge in [0.15, 0.2) is 5.76 Å². The van der Waals surface area contributed by atoms with Gasteiger partial charge in [-0.1, -0.05) is 41.5 Å². The van der Waals surface area contributed by atoms with Crippen LogP contribution in [0.5, 0.6) is 0 Å². The van der Waals surface area contributed by atoms with Gasteiger partial charge < -0.3 is 9.73 Å². The molecule has 1 rings (SSSR count). The van der Waals surface area contributed by atoms with Crippen LogP contribution in [-0.2, 0) is 0 Å². The van der Waals surface area contributed by atoms with Crippen molar-refractivity contribution in [3.8, 4) is 0 Å². The molecule has 3 nitrogen and oxygen atoms in total. The van der Waals surface area contributed by atoms with Crippen LogP contribution in [0.4, 0.5) is 0 Å². The molecule has 0 spiro atoms. The van der Waals surface area contributed by atoms with E-state index in [-0.39, 0.29) is 5.91 Å². The minimum Gasteiger partial charge on any atom is -0.456 e. The highest BCUT2D eigenvalue weighted by molar-refractivity contribution is 5.91. The molecule has 1 aromatic heterocycles. The molecule has 1 aromatic rings. The van der Waals surface area contributed by atoms with Crippen molar-refractivity contribution in [2.45, 2.75) is 48.5 Å². The predicted octanol–water partition coefficient (Wildman–Crippen LogP) is 4.03. The van der Waals surface area contributed by atoms with Gasteiger partial charge in [0.05, 0.1) is 0 Å². The summed E-state index contributed by atoms with van der Waals surface area (Å²) in [5, 5.41) is 2.46. The first-order valence-electron chi connectivity index (χ1n) is 6.02. The van der Waals surface area contributed by atoms with Gasteiger partial charge >= 0.3 is 0 Å². The van der Waals surface area contributed by atoms with Crippen molar-refractivity contribution in [1.29, 1.82) is 0 Å². The van der Waals surface area contributed by atoms with Crippen molar-refractivity contribution in [3.05, 3.63) is 23.7 Å². The summed E-state index contributed by atoms with van der Waals surface area (Å²) in [6.45, 7) is 13.8. The Hall–Kier alpha value is -1.25. The van der Waals surface area contributed by atoms with E-state index in [1.165, 1.54) is 0 Å². The first-order valence-corrected chi connectivity index (χ1v) is 6.02.